The maximum Gasteiger partial charge on any atom is 0.312 e. The van der Waals surface area contributed by atoms with E-state index in [0.717, 1.165) is 4.90 Å². The number of aliphatic carboxylic acids is 1. The summed E-state index contributed by atoms with van der Waals surface area (Å²) < 4.78 is 0. The lowest BCUT2D eigenvalue weighted by atomic mass is 9.99. The predicted molar refractivity (Wildman–Crippen MR) is 71.9 cm³/mol. The van der Waals surface area contributed by atoms with Crippen molar-refractivity contribution in [1.82, 2.24) is 4.90 Å². The third kappa shape index (κ3) is 2.43. The van der Waals surface area contributed by atoms with Gasteiger partial charge in [-0.1, -0.05) is 44.2 Å². The van der Waals surface area contributed by atoms with E-state index in [9.17, 15) is 19.5 Å². The molecule has 3 atom stereocenters. The van der Waals surface area contributed by atoms with Crippen LogP contribution in [-0.4, -0.2) is 34.3 Å². The number of hydrogen-bond acceptors (Lipinski definition) is 3. The van der Waals surface area contributed by atoms with E-state index in [0.29, 0.717) is 5.56 Å². The van der Waals surface area contributed by atoms with Gasteiger partial charge in [-0.3, -0.25) is 19.3 Å². The molecule has 0 radical (unpaired) electrons. The number of carbonyl (C=O) groups excluding carboxylic acids is 2. The Morgan fingerprint density at radius 1 is 1.15 bits per heavy atom. The van der Waals surface area contributed by atoms with Crippen LogP contribution in [0.2, 0.25) is 0 Å². The molecule has 3 unspecified atom stereocenters. The van der Waals surface area contributed by atoms with Crippen molar-refractivity contribution in [3.05, 3.63) is 35.9 Å². The normalized spacial score (nSPS) is 24.0. The van der Waals surface area contributed by atoms with Crippen molar-refractivity contribution in [3.8, 4) is 0 Å². The van der Waals surface area contributed by atoms with Crippen LogP contribution in [-0.2, 0) is 14.4 Å². The summed E-state index contributed by atoms with van der Waals surface area (Å²) in [5.74, 6) is -3.26. The highest BCUT2D eigenvalue weighted by Gasteiger charge is 2.43. The van der Waals surface area contributed by atoms with Gasteiger partial charge >= 0.3 is 5.97 Å². The Hall–Kier alpha value is -2.17. The molecule has 1 saturated heterocycles. The highest BCUT2D eigenvalue weighted by Crippen LogP contribution is 2.28. The van der Waals surface area contributed by atoms with Crippen LogP contribution in [0.15, 0.2) is 30.3 Å². The van der Waals surface area contributed by atoms with Crippen LogP contribution >= 0.6 is 0 Å². The van der Waals surface area contributed by atoms with E-state index in [1.165, 1.54) is 0 Å². The SMILES string of the molecule is CC1C(=O)N(CC(C(=O)O)c2ccccc2)C(=O)C1C. The molecule has 2 rings (SSSR count). The lowest BCUT2D eigenvalue weighted by Gasteiger charge is -2.20. The monoisotopic (exact) mass is 275 g/mol. The summed E-state index contributed by atoms with van der Waals surface area (Å²) in [6.45, 7) is 3.29. The quantitative estimate of drug-likeness (QED) is 0.845. The Labute approximate surface area is 117 Å². The molecule has 0 aromatic heterocycles. The molecule has 1 heterocycles. The van der Waals surface area contributed by atoms with Gasteiger partial charge in [-0.15, -0.1) is 0 Å². The molecular weight excluding hydrogens is 258 g/mol. The van der Waals surface area contributed by atoms with Gasteiger partial charge in [-0.25, -0.2) is 0 Å². The second-order valence-corrected chi connectivity index (χ2v) is 5.17. The van der Waals surface area contributed by atoms with E-state index in [1.807, 2.05) is 0 Å². The van der Waals surface area contributed by atoms with Gasteiger partial charge in [0.1, 0.15) is 0 Å². The molecule has 0 aliphatic carbocycles. The average Bonchev–Trinajstić information content (AvgIpc) is 2.62. The van der Waals surface area contributed by atoms with Gasteiger partial charge in [-0.05, 0) is 5.56 Å². The standard InChI is InChI=1S/C15H17NO4/c1-9-10(2)14(18)16(13(9)17)8-12(15(19)20)11-6-4-3-5-7-11/h3-7,9-10,12H,8H2,1-2H3,(H,19,20). The van der Waals surface area contributed by atoms with E-state index >= 15 is 0 Å². The fourth-order valence-electron chi connectivity index (χ4n) is 2.40. The number of carbonyl (C=O) groups is 3. The molecule has 0 spiro atoms. The van der Waals surface area contributed by atoms with Crippen LogP contribution in [0.25, 0.3) is 0 Å². The van der Waals surface area contributed by atoms with Crippen LogP contribution in [0.3, 0.4) is 0 Å². The molecule has 20 heavy (non-hydrogen) atoms. The fourth-order valence-corrected chi connectivity index (χ4v) is 2.40. The van der Waals surface area contributed by atoms with Crippen LogP contribution in [0.1, 0.15) is 25.3 Å². The number of rotatable bonds is 4. The smallest absolute Gasteiger partial charge is 0.312 e. The molecule has 1 aromatic carbocycles. The summed E-state index contributed by atoms with van der Waals surface area (Å²) in [6, 6.07) is 8.65. The Morgan fingerprint density at radius 2 is 1.65 bits per heavy atom. The first-order valence-electron chi connectivity index (χ1n) is 6.56. The topological polar surface area (TPSA) is 74.7 Å². The van der Waals surface area contributed by atoms with E-state index < -0.39 is 11.9 Å². The van der Waals surface area contributed by atoms with Crippen molar-refractivity contribution < 1.29 is 19.5 Å². The summed E-state index contributed by atoms with van der Waals surface area (Å²) in [5, 5.41) is 9.34. The van der Waals surface area contributed by atoms with Gasteiger partial charge in [-0.2, -0.15) is 0 Å². The number of carboxylic acid groups (broad SMARTS) is 1. The minimum Gasteiger partial charge on any atom is -0.481 e. The molecule has 1 aliphatic rings. The van der Waals surface area contributed by atoms with Crippen molar-refractivity contribution in [2.75, 3.05) is 6.54 Å². The predicted octanol–water partition coefficient (Wildman–Crippen LogP) is 1.50. The lowest BCUT2D eigenvalue weighted by Crippen LogP contribution is -2.37. The molecule has 1 fully saturated rings. The Balaban J connectivity index is 2.24. The molecule has 1 N–H and O–H groups in total. The highest BCUT2D eigenvalue weighted by atomic mass is 16.4. The number of imide groups is 1. The summed E-state index contributed by atoms with van der Waals surface area (Å²) >= 11 is 0. The third-order valence-corrected chi connectivity index (χ3v) is 3.93. The lowest BCUT2D eigenvalue weighted by molar-refractivity contribution is -0.143. The summed E-state index contributed by atoms with van der Waals surface area (Å²) in [4.78, 5) is 36.6. The van der Waals surface area contributed by atoms with Gasteiger partial charge < -0.3 is 5.11 Å². The van der Waals surface area contributed by atoms with Crippen molar-refractivity contribution in [2.45, 2.75) is 19.8 Å². The fraction of sp³-hybridized carbons (Fsp3) is 0.400. The average molecular weight is 275 g/mol. The van der Waals surface area contributed by atoms with Crippen LogP contribution in [0.5, 0.6) is 0 Å². The van der Waals surface area contributed by atoms with Gasteiger partial charge in [0.15, 0.2) is 0 Å². The number of carboxylic acids is 1. The van der Waals surface area contributed by atoms with Crippen molar-refractivity contribution >= 4 is 17.8 Å². The van der Waals surface area contributed by atoms with Crippen LogP contribution in [0.4, 0.5) is 0 Å². The summed E-state index contributed by atoms with van der Waals surface area (Å²) in [6.07, 6.45) is 0. The summed E-state index contributed by atoms with van der Waals surface area (Å²) in [5.41, 5.74) is 0.591. The van der Waals surface area contributed by atoms with Gasteiger partial charge in [0, 0.05) is 18.4 Å². The van der Waals surface area contributed by atoms with Crippen LogP contribution < -0.4 is 0 Å². The molecule has 1 aromatic rings. The molecule has 5 nitrogen and oxygen atoms in total. The van der Waals surface area contributed by atoms with Gasteiger partial charge in [0.05, 0.1) is 5.92 Å². The molecule has 2 amide bonds. The van der Waals surface area contributed by atoms with Gasteiger partial charge in [0.2, 0.25) is 11.8 Å². The molecular formula is C15H17NO4. The molecule has 5 heteroatoms. The number of hydrogen-bond donors (Lipinski definition) is 1. The zero-order valence-corrected chi connectivity index (χ0v) is 11.4. The zero-order chi connectivity index (χ0) is 14.9. The summed E-state index contributed by atoms with van der Waals surface area (Å²) in [7, 11) is 0. The second-order valence-electron chi connectivity index (χ2n) is 5.17. The molecule has 106 valence electrons. The van der Waals surface area contributed by atoms with Crippen molar-refractivity contribution in [1.29, 1.82) is 0 Å². The number of likely N-dealkylation sites (tertiary alicyclic amines) is 1. The minimum absolute atomic E-state index is 0.105. The largest absolute Gasteiger partial charge is 0.481 e. The van der Waals surface area contributed by atoms with Gasteiger partial charge in [0.25, 0.3) is 0 Å². The Kier molecular flexibility index (Phi) is 3.88. The number of nitrogens with zero attached hydrogens (tertiary/aromatic N) is 1. The Morgan fingerprint density at radius 3 is 2.10 bits per heavy atom. The number of amides is 2. The second kappa shape index (κ2) is 5.45. The minimum atomic E-state index is -1.04. The van der Waals surface area contributed by atoms with E-state index in [2.05, 4.69) is 0 Å². The van der Waals surface area contributed by atoms with Crippen molar-refractivity contribution in [2.24, 2.45) is 11.8 Å². The van der Waals surface area contributed by atoms with Crippen LogP contribution in [0, 0.1) is 11.8 Å². The maximum absolute atomic E-state index is 12.0. The first kappa shape index (κ1) is 14.2. The Bertz CT molecular complexity index is 520. The van der Waals surface area contributed by atoms with E-state index in [-0.39, 0.29) is 30.2 Å². The number of benzene rings is 1. The maximum atomic E-state index is 12.0. The molecule has 0 saturated carbocycles. The van der Waals surface area contributed by atoms with Crippen molar-refractivity contribution in [3.63, 3.8) is 0 Å². The molecule has 0 bridgehead atoms. The zero-order valence-electron chi connectivity index (χ0n) is 11.4. The van der Waals surface area contributed by atoms with E-state index in [4.69, 9.17) is 0 Å². The van der Waals surface area contributed by atoms with E-state index in [1.54, 1.807) is 44.2 Å². The first-order chi connectivity index (χ1) is 9.43. The molecule has 1 aliphatic heterocycles. The third-order valence-electron chi connectivity index (χ3n) is 3.93. The first-order valence-corrected chi connectivity index (χ1v) is 6.56. The highest BCUT2D eigenvalue weighted by molar-refractivity contribution is 6.05.